The van der Waals surface area contributed by atoms with E-state index in [-0.39, 0.29) is 42.0 Å². The molecule has 5 aliphatic carbocycles. The molecule has 3 N–H and O–H groups in total. The SMILES string of the molecule is C[C@]12C=CC(=O)C=C1CC[C@@H]1[C@@H]2[C@@H](O)C[C@@]2(C)[C@H]1C[C@H]1O[C@@H](c3ccn([C@@H](CC4CC4)c4ccc(CO)cc4)c3)O[C@]12C(=O)CO. The first kappa shape index (κ1) is 30.5. The number of Topliss-reactive ketones (excluding diaryl/α,β-unsaturated/α-hetero) is 1. The highest BCUT2D eigenvalue weighted by Crippen LogP contribution is 2.70. The van der Waals surface area contributed by atoms with Gasteiger partial charge in [-0.05, 0) is 79.2 Å². The minimum atomic E-state index is -1.37. The summed E-state index contributed by atoms with van der Waals surface area (Å²) in [5, 5.41) is 31.8. The number of ether oxygens (including phenoxy) is 2. The Labute approximate surface area is 270 Å². The first-order valence-corrected chi connectivity index (χ1v) is 17.1. The van der Waals surface area contributed by atoms with Crippen LogP contribution in [0.25, 0.3) is 0 Å². The van der Waals surface area contributed by atoms with Gasteiger partial charge in [-0.2, -0.15) is 0 Å². The van der Waals surface area contributed by atoms with Crippen LogP contribution in [0.15, 0.2) is 66.5 Å². The normalized spacial score (nSPS) is 40.1. The summed E-state index contributed by atoms with van der Waals surface area (Å²) >= 11 is 0. The summed E-state index contributed by atoms with van der Waals surface area (Å²) in [6.07, 6.45) is 13.6. The average Bonchev–Trinajstić information content (AvgIpc) is 3.48. The number of aliphatic hydroxyl groups is 3. The molecule has 0 amide bonds. The Morgan fingerprint density at radius 2 is 1.89 bits per heavy atom. The van der Waals surface area contributed by atoms with Gasteiger partial charge in [0.25, 0.3) is 0 Å². The number of benzene rings is 1. The van der Waals surface area contributed by atoms with Crippen molar-refractivity contribution in [2.75, 3.05) is 6.61 Å². The number of hydrogen-bond donors (Lipinski definition) is 3. The zero-order valence-corrected chi connectivity index (χ0v) is 26.7. The molecule has 1 saturated heterocycles. The van der Waals surface area contributed by atoms with E-state index in [1.54, 1.807) is 12.2 Å². The average molecular weight is 628 g/mol. The number of aliphatic hydroxyl groups excluding tert-OH is 3. The van der Waals surface area contributed by atoms with Crippen molar-refractivity contribution in [1.82, 2.24) is 4.57 Å². The third-order valence-electron chi connectivity index (χ3n) is 13.0. The molecule has 1 aromatic carbocycles. The largest absolute Gasteiger partial charge is 0.393 e. The molecule has 2 aromatic rings. The standard InChI is InChI=1S/C38H45NO7/c1-36-13-11-27(42)16-26(36)9-10-28-29-17-33-38(32(44)21-41,37(29,2)18-31(43)34(28)36)46-35(45-33)25-12-14-39(19-25)30(15-22-3-4-22)24-7-5-23(20-40)6-8-24/h5-8,11-14,16,19,22,28-31,33-35,40-41,43H,3-4,9-10,15,17-18,20-21H2,1-2H3/t28-,29-,30-,31-,33+,34+,35+,36-,37-,38+/m0/s1. The van der Waals surface area contributed by atoms with Gasteiger partial charge < -0.3 is 29.4 Å². The van der Waals surface area contributed by atoms with Crippen molar-refractivity contribution in [1.29, 1.82) is 0 Å². The quantitative estimate of drug-likeness (QED) is 0.378. The second-order valence-electron chi connectivity index (χ2n) is 15.3. The molecule has 4 saturated carbocycles. The number of allylic oxidation sites excluding steroid dienone is 4. The van der Waals surface area contributed by atoms with Crippen molar-refractivity contribution in [3.63, 3.8) is 0 Å². The van der Waals surface area contributed by atoms with Crippen molar-refractivity contribution < 1.29 is 34.4 Å². The Morgan fingerprint density at radius 1 is 1.11 bits per heavy atom. The van der Waals surface area contributed by atoms with E-state index in [1.165, 1.54) is 18.4 Å². The molecule has 1 aromatic heterocycles. The number of aromatic nitrogens is 1. The predicted octanol–water partition coefficient (Wildman–Crippen LogP) is 4.97. The van der Waals surface area contributed by atoms with Crippen LogP contribution in [0.3, 0.4) is 0 Å². The number of carbonyl (C=O) groups excluding carboxylic acids is 2. The molecule has 8 nitrogen and oxygen atoms in total. The summed E-state index contributed by atoms with van der Waals surface area (Å²) in [7, 11) is 0. The summed E-state index contributed by atoms with van der Waals surface area (Å²) in [6.45, 7) is 3.57. The molecule has 0 spiro atoms. The van der Waals surface area contributed by atoms with Gasteiger partial charge in [0, 0.05) is 34.7 Å². The van der Waals surface area contributed by atoms with E-state index in [0.29, 0.717) is 18.8 Å². The van der Waals surface area contributed by atoms with Crippen LogP contribution in [0, 0.1) is 34.5 Å². The fourth-order valence-corrected chi connectivity index (χ4v) is 10.5. The number of rotatable bonds is 8. The Morgan fingerprint density at radius 3 is 2.61 bits per heavy atom. The van der Waals surface area contributed by atoms with Crippen LogP contribution in [-0.4, -0.2) is 55.9 Å². The maximum atomic E-state index is 13.9. The monoisotopic (exact) mass is 627 g/mol. The lowest BCUT2D eigenvalue weighted by atomic mass is 9.46. The van der Waals surface area contributed by atoms with Gasteiger partial charge in [-0.15, -0.1) is 0 Å². The second-order valence-corrected chi connectivity index (χ2v) is 15.3. The van der Waals surface area contributed by atoms with Crippen LogP contribution in [-0.2, 0) is 25.7 Å². The summed E-state index contributed by atoms with van der Waals surface area (Å²) in [6, 6.07) is 10.3. The molecule has 46 heavy (non-hydrogen) atoms. The first-order chi connectivity index (χ1) is 22.1. The first-order valence-electron chi connectivity index (χ1n) is 17.1. The van der Waals surface area contributed by atoms with E-state index >= 15 is 0 Å². The van der Waals surface area contributed by atoms with Gasteiger partial charge in [0.15, 0.2) is 23.5 Å². The Bertz CT molecular complexity index is 1600. The minimum Gasteiger partial charge on any atom is -0.393 e. The topological polar surface area (TPSA) is 118 Å². The molecule has 6 aliphatic rings. The summed E-state index contributed by atoms with van der Waals surface area (Å²) < 4.78 is 15.7. The third-order valence-corrected chi connectivity index (χ3v) is 13.0. The van der Waals surface area contributed by atoms with Crippen molar-refractivity contribution in [2.24, 2.45) is 34.5 Å². The van der Waals surface area contributed by atoms with Crippen LogP contribution in [0.5, 0.6) is 0 Å². The Balaban J connectivity index is 1.10. The van der Waals surface area contributed by atoms with Crippen LogP contribution in [0.4, 0.5) is 0 Å². The summed E-state index contributed by atoms with van der Waals surface area (Å²) in [5.74, 6) is 0.417. The molecule has 0 unspecified atom stereocenters. The Kier molecular flexibility index (Phi) is 7.16. The molecular formula is C38H45NO7. The van der Waals surface area contributed by atoms with Gasteiger partial charge in [0.2, 0.25) is 0 Å². The van der Waals surface area contributed by atoms with Crippen molar-refractivity contribution in [3.8, 4) is 0 Å². The molecule has 244 valence electrons. The molecule has 5 fully saturated rings. The van der Waals surface area contributed by atoms with Gasteiger partial charge in [-0.3, -0.25) is 9.59 Å². The molecular weight excluding hydrogens is 582 g/mol. The fraction of sp³-hybridized carbons (Fsp3) is 0.579. The maximum absolute atomic E-state index is 13.9. The van der Waals surface area contributed by atoms with Crippen molar-refractivity contribution >= 4 is 11.6 Å². The molecule has 8 heteroatoms. The predicted molar refractivity (Wildman–Crippen MR) is 169 cm³/mol. The third kappa shape index (κ3) is 4.37. The molecule has 10 atom stereocenters. The van der Waals surface area contributed by atoms with Gasteiger partial charge >= 0.3 is 0 Å². The van der Waals surface area contributed by atoms with Crippen molar-refractivity contribution in [2.45, 2.75) is 95.5 Å². The number of ketones is 2. The number of fused-ring (bicyclic) bond motifs is 7. The lowest BCUT2D eigenvalue weighted by Crippen LogP contribution is -2.63. The summed E-state index contributed by atoms with van der Waals surface area (Å²) in [4.78, 5) is 26.1. The highest BCUT2D eigenvalue weighted by atomic mass is 16.7. The van der Waals surface area contributed by atoms with Gasteiger partial charge in [0.1, 0.15) is 6.61 Å². The second kappa shape index (κ2) is 10.8. The fourth-order valence-electron chi connectivity index (χ4n) is 10.5. The van der Waals surface area contributed by atoms with Gasteiger partial charge in [-0.1, -0.05) is 62.6 Å². The zero-order chi connectivity index (χ0) is 32.0. The van der Waals surface area contributed by atoms with Crippen LogP contribution < -0.4 is 0 Å². The highest BCUT2D eigenvalue weighted by molar-refractivity contribution is 6.01. The number of hydrogen-bond acceptors (Lipinski definition) is 7. The van der Waals surface area contributed by atoms with E-state index in [1.807, 2.05) is 24.3 Å². The Hall–Kier alpha value is -2.88. The van der Waals surface area contributed by atoms with Crippen LogP contribution in [0.2, 0.25) is 0 Å². The van der Waals surface area contributed by atoms with Crippen molar-refractivity contribution in [3.05, 3.63) is 83.2 Å². The lowest BCUT2D eigenvalue weighted by molar-refractivity contribution is -0.201. The van der Waals surface area contributed by atoms with E-state index in [9.17, 15) is 24.9 Å². The van der Waals surface area contributed by atoms with Gasteiger partial charge in [0.05, 0.1) is 24.9 Å². The smallest absolute Gasteiger partial charge is 0.193 e. The highest BCUT2D eigenvalue weighted by Gasteiger charge is 2.76. The summed E-state index contributed by atoms with van der Waals surface area (Å²) in [5.41, 5.74) is 1.48. The van der Waals surface area contributed by atoms with Gasteiger partial charge in [-0.25, -0.2) is 0 Å². The molecule has 0 bridgehead atoms. The number of nitrogens with zero attached hydrogens (tertiary/aromatic N) is 1. The molecule has 0 radical (unpaired) electrons. The van der Waals surface area contributed by atoms with E-state index in [2.05, 4.69) is 42.9 Å². The van der Waals surface area contributed by atoms with E-state index in [0.717, 1.165) is 36.0 Å². The maximum Gasteiger partial charge on any atom is 0.193 e. The molecule has 8 rings (SSSR count). The number of carbonyl (C=O) groups is 2. The van der Waals surface area contributed by atoms with E-state index < -0.39 is 41.5 Å². The molecule has 1 aliphatic heterocycles. The zero-order valence-electron chi connectivity index (χ0n) is 26.7. The minimum absolute atomic E-state index is 0.00379. The van der Waals surface area contributed by atoms with E-state index in [4.69, 9.17) is 9.47 Å². The van der Waals surface area contributed by atoms with Crippen LogP contribution >= 0.6 is 0 Å². The molecule has 2 heterocycles. The van der Waals surface area contributed by atoms with Crippen LogP contribution in [0.1, 0.15) is 87.8 Å². The lowest BCUT2D eigenvalue weighted by Gasteiger charge is -2.59.